The van der Waals surface area contributed by atoms with E-state index in [1.807, 2.05) is 0 Å². The summed E-state index contributed by atoms with van der Waals surface area (Å²) in [4.78, 5) is 12.4. The molecule has 132 valence electrons. The normalized spacial score (nSPS) is 23.7. The molecular weight excluding hydrogens is 347 g/mol. The van der Waals surface area contributed by atoms with Crippen LogP contribution in [0.25, 0.3) is 0 Å². The molecule has 1 aromatic rings. The summed E-state index contributed by atoms with van der Waals surface area (Å²) in [5.74, 6) is -1.06. The second-order valence-electron chi connectivity index (χ2n) is 6.06. The Bertz CT molecular complexity index is 636. The molecule has 4 nitrogen and oxygen atoms in total. The molecule has 1 N–H and O–H groups in total. The SMILES string of the molecule is O=C(N[C@@H]1CCC[C@@H](C(F)(F)F)C1)c1cc(Cl)c2c(c1)OCCO2. The molecule has 3 rings (SSSR count). The maximum absolute atomic E-state index is 12.9. The number of ether oxygens (including phenoxy) is 2. The number of alkyl halides is 3. The van der Waals surface area contributed by atoms with Gasteiger partial charge in [-0.3, -0.25) is 4.79 Å². The van der Waals surface area contributed by atoms with E-state index in [-0.39, 0.29) is 23.4 Å². The largest absolute Gasteiger partial charge is 0.486 e. The fourth-order valence-corrected chi connectivity index (χ4v) is 3.39. The van der Waals surface area contributed by atoms with Gasteiger partial charge < -0.3 is 14.8 Å². The summed E-state index contributed by atoms with van der Waals surface area (Å²) >= 11 is 6.08. The van der Waals surface area contributed by atoms with E-state index in [0.29, 0.717) is 37.6 Å². The van der Waals surface area contributed by atoms with Crippen LogP contribution in [0.2, 0.25) is 5.02 Å². The molecular formula is C16H17ClF3NO3. The van der Waals surface area contributed by atoms with Crippen molar-refractivity contribution in [1.82, 2.24) is 5.32 Å². The van der Waals surface area contributed by atoms with Gasteiger partial charge in [-0.05, 0) is 31.4 Å². The van der Waals surface area contributed by atoms with Gasteiger partial charge in [0, 0.05) is 11.6 Å². The molecule has 0 bridgehead atoms. The van der Waals surface area contributed by atoms with Crippen LogP contribution in [0.4, 0.5) is 13.2 Å². The van der Waals surface area contributed by atoms with Crippen molar-refractivity contribution in [1.29, 1.82) is 0 Å². The molecule has 8 heteroatoms. The Balaban J connectivity index is 1.70. The number of nitrogens with one attached hydrogen (secondary N) is 1. The Morgan fingerprint density at radius 1 is 1.21 bits per heavy atom. The monoisotopic (exact) mass is 363 g/mol. The van der Waals surface area contributed by atoms with E-state index >= 15 is 0 Å². The van der Waals surface area contributed by atoms with Crippen LogP contribution in [0.15, 0.2) is 12.1 Å². The topological polar surface area (TPSA) is 47.6 Å². The predicted molar refractivity (Wildman–Crippen MR) is 81.7 cm³/mol. The molecule has 1 amide bonds. The first-order chi connectivity index (χ1) is 11.3. The highest BCUT2D eigenvalue weighted by molar-refractivity contribution is 6.32. The molecule has 0 radical (unpaired) electrons. The fourth-order valence-electron chi connectivity index (χ4n) is 3.13. The highest BCUT2D eigenvalue weighted by Crippen LogP contribution is 2.39. The molecule has 1 aromatic carbocycles. The van der Waals surface area contributed by atoms with Gasteiger partial charge in [0.05, 0.1) is 10.9 Å². The third kappa shape index (κ3) is 3.71. The van der Waals surface area contributed by atoms with Gasteiger partial charge in [0.15, 0.2) is 11.5 Å². The van der Waals surface area contributed by atoms with Gasteiger partial charge in [-0.15, -0.1) is 0 Å². The average Bonchev–Trinajstić information content (AvgIpc) is 2.54. The zero-order chi connectivity index (χ0) is 17.3. The van der Waals surface area contributed by atoms with Gasteiger partial charge in [0.25, 0.3) is 5.91 Å². The quantitative estimate of drug-likeness (QED) is 0.865. The van der Waals surface area contributed by atoms with Crippen LogP contribution in [0.3, 0.4) is 0 Å². The molecule has 1 saturated carbocycles. The van der Waals surface area contributed by atoms with Crippen molar-refractivity contribution in [3.05, 3.63) is 22.7 Å². The Morgan fingerprint density at radius 3 is 2.71 bits per heavy atom. The Kier molecular flexibility index (Phi) is 4.80. The van der Waals surface area contributed by atoms with Gasteiger partial charge >= 0.3 is 6.18 Å². The number of carbonyl (C=O) groups is 1. The first-order valence-corrected chi connectivity index (χ1v) is 8.19. The summed E-state index contributed by atoms with van der Waals surface area (Å²) in [7, 11) is 0. The second kappa shape index (κ2) is 6.70. The van der Waals surface area contributed by atoms with Gasteiger partial charge in [0.1, 0.15) is 13.2 Å². The molecule has 0 saturated heterocycles. The van der Waals surface area contributed by atoms with Crippen LogP contribution < -0.4 is 14.8 Å². The first-order valence-electron chi connectivity index (χ1n) is 7.81. The summed E-state index contributed by atoms with van der Waals surface area (Å²) < 4.78 is 49.4. The number of hydrogen-bond donors (Lipinski definition) is 1. The van der Waals surface area contributed by atoms with Crippen molar-refractivity contribution in [2.75, 3.05) is 13.2 Å². The number of fused-ring (bicyclic) bond motifs is 1. The van der Waals surface area contributed by atoms with E-state index in [0.717, 1.165) is 0 Å². The first kappa shape index (κ1) is 17.2. The molecule has 0 aromatic heterocycles. The van der Waals surface area contributed by atoms with Crippen LogP contribution in [0.1, 0.15) is 36.0 Å². The van der Waals surface area contributed by atoms with Crippen LogP contribution in [-0.2, 0) is 0 Å². The number of halogens is 4. The number of hydrogen-bond acceptors (Lipinski definition) is 3. The zero-order valence-electron chi connectivity index (χ0n) is 12.8. The van der Waals surface area contributed by atoms with Crippen molar-refractivity contribution < 1.29 is 27.4 Å². The molecule has 0 spiro atoms. The van der Waals surface area contributed by atoms with Gasteiger partial charge in [-0.1, -0.05) is 18.0 Å². The third-order valence-electron chi connectivity index (χ3n) is 4.33. The summed E-state index contributed by atoms with van der Waals surface area (Å²) in [6.45, 7) is 0.726. The van der Waals surface area contributed by atoms with Crippen molar-refractivity contribution in [2.45, 2.75) is 37.9 Å². The lowest BCUT2D eigenvalue weighted by atomic mass is 9.85. The highest BCUT2D eigenvalue weighted by atomic mass is 35.5. The maximum Gasteiger partial charge on any atom is 0.391 e. The van der Waals surface area contributed by atoms with Crippen molar-refractivity contribution >= 4 is 17.5 Å². The Labute approximate surface area is 142 Å². The Hall–Kier alpha value is -1.63. The third-order valence-corrected chi connectivity index (χ3v) is 4.61. The lowest BCUT2D eigenvalue weighted by Gasteiger charge is -2.31. The van der Waals surface area contributed by atoms with E-state index in [1.54, 1.807) is 0 Å². The van der Waals surface area contributed by atoms with Crippen LogP contribution in [0, 0.1) is 5.92 Å². The smallest absolute Gasteiger partial charge is 0.391 e. The van der Waals surface area contributed by atoms with Crippen LogP contribution in [-0.4, -0.2) is 31.3 Å². The highest BCUT2D eigenvalue weighted by Gasteiger charge is 2.42. The van der Waals surface area contributed by atoms with E-state index in [4.69, 9.17) is 21.1 Å². The lowest BCUT2D eigenvalue weighted by molar-refractivity contribution is -0.183. The average molecular weight is 364 g/mol. The van der Waals surface area contributed by atoms with Gasteiger partial charge in [-0.2, -0.15) is 13.2 Å². The number of benzene rings is 1. The molecule has 2 atom stereocenters. The van der Waals surface area contributed by atoms with Gasteiger partial charge in [-0.25, -0.2) is 0 Å². The van der Waals surface area contributed by atoms with Crippen LogP contribution in [0.5, 0.6) is 11.5 Å². The van der Waals surface area contributed by atoms with E-state index in [2.05, 4.69) is 5.32 Å². The molecule has 1 aliphatic heterocycles. The van der Waals surface area contributed by atoms with E-state index < -0.39 is 24.0 Å². The molecule has 0 unspecified atom stereocenters. The fraction of sp³-hybridized carbons (Fsp3) is 0.562. The molecule has 1 aliphatic carbocycles. The number of rotatable bonds is 2. The van der Waals surface area contributed by atoms with E-state index in [9.17, 15) is 18.0 Å². The van der Waals surface area contributed by atoms with Crippen molar-refractivity contribution in [3.63, 3.8) is 0 Å². The van der Waals surface area contributed by atoms with Crippen molar-refractivity contribution in [3.8, 4) is 11.5 Å². The Morgan fingerprint density at radius 2 is 1.96 bits per heavy atom. The predicted octanol–water partition coefficient (Wildman–Crippen LogP) is 3.96. The standard InChI is InChI=1S/C16H17ClF3NO3/c17-12-6-9(7-13-14(12)24-5-4-23-13)15(22)21-11-3-1-2-10(8-11)16(18,19)20/h6-7,10-11H,1-5,8H2,(H,21,22)/t10-,11-/m1/s1. The maximum atomic E-state index is 12.9. The molecule has 1 fully saturated rings. The summed E-state index contributed by atoms with van der Waals surface area (Å²) in [6, 6.07) is 2.44. The minimum Gasteiger partial charge on any atom is -0.486 e. The number of carbonyl (C=O) groups excluding carboxylic acids is 1. The minimum absolute atomic E-state index is 0.0898. The molecule has 2 aliphatic rings. The van der Waals surface area contributed by atoms with E-state index in [1.165, 1.54) is 12.1 Å². The van der Waals surface area contributed by atoms with Crippen LogP contribution >= 0.6 is 11.6 Å². The van der Waals surface area contributed by atoms with Crippen molar-refractivity contribution in [2.24, 2.45) is 5.92 Å². The minimum atomic E-state index is -4.22. The zero-order valence-corrected chi connectivity index (χ0v) is 13.5. The molecule has 24 heavy (non-hydrogen) atoms. The molecule has 1 heterocycles. The number of amides is 1. The summed E-state index contributed by atoms with van der Waals surface area (Å²) in [5.41, 5.74) is 0.249. The summed E-state index contributed by atoms with van der Waals surface area (Å²) in [6.07, 6.45) is -3.21. The lowest BCUT2D eigenvalue weighted by Crippen LogP contribution is -2.41. The summed E-state index contributed by atoms with van der Waals surface area (Å²) in [5, 5.41) is 2.92. The van der Waals surface area contributed by atoms with Gasteiger partial charge in [0.2, 0.25) is 0 Å². The second-order valence-corrected chi connectivity index (χ2v) is 6.46.